The van der Waals surface area contributed by atoms with Crippen LogP contribution in [0, 0.1) is 6.92 Å². The molecule has 0 radical (unpaired) electrons. The fourth-order valence-electron chi connectivity index (χ4n) is 3.97. The van der Waals surface area contributed by atoms with Crippen molar-refractivity contribution in [3.63, 3.8) is 0 Å². The summed E-state index contributed by atoms with van der Waals surface area (Å²) in [5.41, 5.74) is -2.27. The predicted octanol–water partition coefficient (Wildman–Crippen LogP) is 6.38. The van der Waals surface area contributed by atoms with Gasteiger partial charge in [0.1, 0.15) is 0 Å². The normalized spacial score (nSPS) is 12.4. The molecular weight excluding hydrogens is 465 g/mol. The molecule has 0 atom stereocenters. The third-order valence-electron chi connectivity index (χ3n) is 5.46. The summed E-state index contributed by atoms with van der Waals surface area (Å²) in [6.07, 6.45) is 1.50. The second-order valence-corrected chi connectivity index (χ2v) is 9.29. The number of hydrogen-bond donors (Lipinski definition) is 0. The zero-order valence-corrected chi connectivity index (χ0v) is 18.6. The molecule has 0 N–H and O–H groups in total. The number of fused-ring (bicyclic) bond motifs is 3. The molecule has 172 valence electrons. The first kappa shape index (κ1) is 22.0. The molecular formula is C25H17F3N2O3S. The number of rotatable bonds is 4. The van der Waals surface area contributed by atoms with Gasteiger partial charge in [0.15, 0.2) is 5.75 Å². The SMILES string of the molecule is Cc1ccnc(-c2cc3c4ccccc4n(-c4ccccc4)c3cc2OS(=O)(=O)C(F)(F)F)c1. The molecule has 0 saturated heterocycles. The van der Waals surface area contributed by atoms with E-state index in [4.69, 9.17) is 0 Å². The summed E-state index contributed by atoms with van der Waals surface area (Å²) < 4.78 is 70.1. The average Bonchev–Trinajstić information content (AvgIpc) is 3.11. The Morgan fingerprint density at radius 2 is 1.56 bits per heavy atom. The van der Waals surface area contributed by atoms with Crippen molar-refractivity contribution in [2.45, 2.75) is 12.4 Å². The number of para-hydroxylation sites is 2. The Bertz CT molecular complexity index is 1640. The molecule has 0 aliphatic rings. The molecule has 5 nitrogen and oxygen atoms in total. The molecule has 34 heavy (non-hydrogen) atoms. The van der Waals surface area contributed by atoms with Gasteiger partial charge in [0.05, 0.1) is 16.7 Å². The van der Waals surface area contributed by atoms with E-state index in [0.717, 1.165) is 27.5 Å². The maximum Gasteiger partial charge on any atom is 0.534 e. The topological polar surface area (TPSA) is 61.2 Å². The lowest BCUT2D eigenvalue weighted by Gasteiger charge is -2.14. The van der Waals surface area contributed by atoms with Crippen LogP contribution in [0.15, 0.2) is 85.1 Å². The molecule has 0 bridgehead atoms. The zero-order valence-electron chi connectivity index (χ0n) is 17.7. The van der Waals surface area contributed by atoms with Crippen LogP contribution in [0.3, 0.4) is 0 Å². The molecule has 9 heteroatoms. The fraction of sp³-hybridized carbons (Fsp3) is 0.0800. The molecule has 0 saturated carbocycles. The van der Waals surface area contributed by atoms with Crippen LogP contribution in [-0.2, 0) is 10.1 Å². The minimum atomic E-state index is -5.90. The second kappa shape index (κ2) is 7.88. The van der Waals surface area contributed by atoms with Gasteiger partial charge in [-0.05, 0) is 48.9 Å². The van der Waals surface area contributed by atoms with Gasteiger partial charge in [0.25, 0.3) is 0 Å². The summed E-state index contributed by atoms with van der Waals surface area (Å²) in [6, 6.07) is 23.1. The van der Waals surface area contributed by atoms with E-state index in [2.05, 4.69) is 9.17 Å². The summed E-state index contributed by atoms with van der Waals surface area (Å²) in [5.74, 6) is -0.456. The molecule has 0 unspecified atom stereocenters. The van der Waals surface area contributed by atoms with Crippen molar-refractivity contribution in [3.8, 4) is 22.7 Å². The van der Waals surface area contributed by atoms with Crippen LogP contribution in [0.2, 0.25) is 0 Å². The van der Waals surface area contributed by atoms with E-state index in [1.165, 1.54) is 12.3 Å². The lowest BCUT2D eigenvalue weighted by atomic mass is 10.0. The highest BCUT2D eigenvalue weighted by molar-refractivity contribution is 7.88. The first-order chi connectivity index (χ1) is 16.2. The summed E-state index contributed by atoms with van der Waals surface area (Å²) in [5, 5.41) is 1.56. The second-order valence-electron chi connectivity index (χ2n) is 7.76. The molecule has 0 aliphatic heterocycles. The molecule has 5 rings (SSSR count). The number of hydrogen-bond acceptors (Lipinski definition) is 4. The Kier molecular flexibility index (Phi) is 5.09. The Hall–Kier alpha value is -3.85. The number of nitrogens with zero attached hydrogens (tertiary/aromatic N) is 2. The third kappa shape index (κ3) is 3.67. The smallest absolute Gasteiger partial charge is 0.375 e. The van der Waals surface area contributed by atoms with Crippen molar-refractivity contribution in [3.05, 3.63) is 90.6 Å². The standard InChI is InChI=1S/C25H17F3N2O3S/c1-16-11-12-29-21(13-16)20-14-19-18-9-5-6-10-22(18)30(17-7-3-2-4-8-17)23(19)15-24(20)33-34(31,32)25(26,27)28/h2-15H,1H3. The highest BCUT2D eigenvalue weighted by atomic mass is 32.2. The number of halogens is 3. The van der Waals surface area contributed by atoms with E-state index in [1.807, 2.05) is 59.2 Å². The number of alkyl halides is 3. The van der Waals surface area contributed by atoms with Gasteiger partial charge in [0.2, 0.25) is 0 Å². The molecule has 2 heterocycles. The van der Waals surface area contributed by atoms with Gasteiger partial charge >= 0.3 is 15.6 Å². The van der Waals surface area contributed by atoms with E-state index in [9.17, 15) is 21.6 Å². The summed E-state index contributed by atoms with van der Waals surface area (Å²) in [4.78, 5) is 4.25. The molecule has 0 aliphatic carbocycles. The van der Waals surface area contributed by atoms with Crippen molar-refractivity contribution in [2.24, 2.45) is 0 Å². The minimum Gasteiger partial charge on any atom is -0.375 e. The van der Waals surface area contributed by atoms with E-state index < -0.39 is 21.4 Å². The average molecular weight is 482 g/mol. The monoisotopic (exact) mass is 482 g/mol. The maximum absolute atomic E-state index is 13.2. The van der Waals surface area contributed by atoms with Gasteiger partial charge in [-0.1, -0.05) is 36.4 Å². The molecule has 0 fully saturated rings. The van der Waals surface area contributed by atoms with Crippen LogP contribution < -0.4 is 4.18 Å². The van der Waals surface area contributed by atoms with Crippen LogP contribution in [-0.4, -0.2) is 23.5 Å². The third-order valence-corrected chi connectivity index (χ3v) is 6.43. The van der Waals surface area contributed by atoms with E-state index in [1.54, 1.807) is 25.1 Å². The molecule has 0 amide bonds. The van der Waals surface area contributed by atoms with E-state index in [0.29, 0.717) is 11.2 Å². The number of aromatic nitrogens is 2. The highest BCUT2D eigenvalue weighted by Crippen LogP contribution is 2.41. The molecule has 2 aromatic heterocycles. The summed E-state index contributed by atoms with van der Waals surface area (Å²) in [6.45, 7) is 1.80. The minimum absolute atomic E-state index is 0.139. The molecule has 5 aromatic rings. The van der Waals surface area contributed by atoms with Crippen molar-refractivity contribution in [1.29, 1.82) is 0 Å². The molecule has 0 spiro atoms. The lowest BCUT2D eigenvalue weighted by Crippen LogP contribution is -2.28. The Balaban J connectivity index is 1.88. The lowest BCUT2D eigenvalue weighted by molar-refractivity contribution is -0.0499. The van der Waals surface area contributed by atoms with Crippen LogP contribution in [0.1, 0.15) is 5.56 Å². The van der Waals surface area contributed by atoms with Gasteiger partial charge < -0.3 is 8.75 Å². The number of benzene rings is 3. The van der Waals surface area contributed by atoms with Crippen LogP contribution in [0.25, 0.3) is 38.8 Å². The fourth-order valence-corrected chi connectivity index (χ4v) is 4.44. The van der Waals surface area contributed by atoms with Gasteiger partial charge in [-0.3, -0.25) is 4.98 Å². The van der Waals surface area contributed by atoms with E-state index in [-0.39, 0.29) is 5.56 Å². The van der Waals surface area contributed by atoms with Gasteiger partial charge in [-0.25, -0.2) is 0 Å². The van der Waals surface area contributed by atoms with E-state index >= 15 is 0 Å². The summed E-state index contributed by atoms with van der Waals surface area (Å²) in [7, 11) is -5.90. The van der Waals surface area contributed by atoms with Crippen LogP contribution >= 0.6 is 0 Å². The van der Waals surface area contributed by atoms with Gasteiger partial charge in [-0.2, -0.15) is 21.6 Å². The Labute approximate surface area is 193 Å². The van der Waals surface area contributed by atoms with Crippen molar-refractivity contribution >= 4 is 31.9 Å². The Morgan fingerprint density at radius 3 is 2.26 bits per heavy atom. The first-order valence-corrected chi connectivity index (χ1v) is 11.6. The first-order valence-electron chi connectivity index (χ1n) is 10.2. The van der Waals surface area contributed by atoms with Gasteiger partial charge in [0, 0.05) is 34.3 Å². The van der Waals surface area contributed by atoms with Crippen molar-refractivity contribution in [2.75, 3.05) is 0 Å². The maximum atomic E-state index is 13.2. The largest absolute Gasteiger partial charge is 0.534 e. The van der Waals surface area contributed by atoms with Gasteiger partial charge in [-0.15, -0.1) is 0 Å². The predicted molar refractivity (Wildman–Crippen MR) is 124 cm³/mol. The highest BCUT2D eigenvalue weighted by Gasteiger charge is 2.49. The zero-order chi connectivity index (χ0) is 24.1. The Morgan fingerprint density at radius 1 is 0.853 bits per heavy atom. The van der Waals surface area contributed by atoms with Crippen LogP contribution in [0.5, 0.6) is 5.75 Å². The van der Waals surface area contributed by atoms with Crippen LogP contribution in [0.4, 0.5) is 13.2 Å². The molecule has 3 aromatic carbocycles. The quantitative estimate of drug-likeness (QED) is 0.220. The van der Waals surface area contributed by atoms with Crippen molar-refractivity contribution in [1.82, 2.24) is 9.55 Å². The number of aryl methyl sites for hydroxylation is 1. The number of pyridine rings is 1. The summed E-state index contributed by atoms with van der Waals surface area (Å²) >= 11 is 0. The van der Waals surface area contributed by atoms with Crippen molar-refractivity contribution < 1.29 is 25.8 Å².